The van der Waals surface area contributed by atoms with Gasteiger partial charge in [-0.2, -0.15) is 0 Å². The normalized spacial score (nSPS) is 11.4. The first-order chi connectivity index (χ1) is 19.0. The summed E-state index contributed by atoms with van der Waals surface area (Å²) < 4.78 is 5.30. The lowest BCUT2D eigenvalue weighted by atomic mass is 10.0. The zero-order valence-corrected chi connectivity index (χ0v) is 22.8. The third-order valence-corrected chi connectivity index (χ3v) is 6.86. The number of ether oxygens (including phenoxy) is 1. The summed E-state index contributed by atoms with van der Waals surface area (Å²) in [5.41, 5.74) is 3.88. The van der Waals surface area contributed by atoms with E-state index in [2.05, 4.69) is 5.32 Å². The number of methoxy groups -OCH3 is 1. The molecule has 0 aliphatic heterocycles. The Morgan fingerprint density at radius 3 is 1.97 bits per heavy atom. The van der Waals surface area contributed by atoms with Crippen LogP contribution in [0.2, 0.25) is 5.02 Å². The van der Waals surface area contributed by atoms with Crippen molar-refractivity contribution in [1.29, 1.82) is 0 Å². The van der Waals surface area contributed by atoms with Gasteiger partial charge in [-0.1, -0.05) is 96.5 Å². The lowest BCUT2D eigenvalue weighted by molar-refractivity contribution is -0.140. The third kappa shape index (κ3) is 8.45. The van der Waals surface area contributed by atoms with E-state index in [0.29, 0.717) is 31.0 Å². The van der Waals surface area contributed by atoms with E-state index in [4.69, 9.17) is 16.3 Å². The molecule has 4 rings (SSSR count). The Hall–Kier alpha value is -4.09. The summed E-state index contributed by atoms with van der Waals surface area (Å²) in [4.78, 5) is 29.3. The topological polar surface area (TPSA) is 58.6 Å². The number of rotatable bonds is 12. The summed E-state index contributed by atoms with van der Waals surface area (Å²) in [6.45, 7) is 0.774. The molecule has 4 aromatic carbocycles. The van der Waals surface area contributed by atoms with E-state index in [1.54, 1.807) is 24.1 Å². The van der Waals surface area contributed by atoms with Gasteiger partial charge in [-0.15, -0.1) is 0 Å². The highest BCUT2D eigenvalue weighted by Gasteiger charge is 2.30. The maximum absolute atomic E-state index is 13.8. The van der Waals surface area contributed by atoms with Gasteiger partial charge in [-0.25, -0.2) is 0 Å². The number of carbonyl (C=O) groups excluding carboxylic acids is 2. The van der Waals surface area contributed by atoms with E-state index in [1.165, 1.54) is 0 Å². The lowest BCUT2D eigenvalue weighted by Gasteiger charge is -2.32. The van der Waals surface area contributed by atoms with Crippen LogP contribution in [0.4, 0.5) is 0 Å². The fourth-order valence-corrected chi connectivity index (χ4v) is 4.58. The van der Waals surface area contributed by atoms with Crippen molar-refractivity contribution in [1.82, 2.24) is 10.2 Å². The van der Waals surface area contributed by atoms with Gasteiger partial charge in [0.05, 0.1) is 13.5 Å². The van der Waals surface area contributed by atoms with Crippen molar-refractivity contribution in [3.05, 3.63) is 136 Å². The minimum Gasteiger partial charge on any atom is -0.497 e. The van der Waals surface area contributed by atoms with Crippen LogP contribution in [0, 0.1) is 0 Å². The summed E-state index contributed by atoms with van der Waals surface area (Å²) >= 11 is 6.06. The van der Waals surface area contributed by atoms with Gasteiger partial charge in [0.2, 0.25) is 11.8 Å². The Balaban J connectivity index is 1.60. The van der Waals surface area contributed by atoms with Crippen molar-refractivity contribution < 1.29 is 14.3 Å². The van der Waals surface area contributed by atoms with Crippen molar-refractivity contribution in [2.24, 2.45) is 0 Å². The number of nitrogens with one attached hydrogen (secondary N) is 1. The molecule has 1 unspecified atom stereocenters. The Morgan fingerprint density at radius 2 is 1.36 bits per heavy atom. The first-order valence-corrected chi connectivity index (χ1v) is 13.4. The van der Waals surface area contributed by atoms with Crippen LogP contribution in [-0.4, -0.2) is 36.4 Å². The number of benzene rings is 4. The molecule has 4 aromatic rings. The molecule has 0 aliphatic carbocycles. The van der Waals surface area contributed by atoms with Gasteiger partial charge < -0.3 is 15.0 Å². The first kappa shape index (κ1) is 27.9. The van der Waals surface area contributed by atoms with Gasteiger partial charge in [-0.3, -0.25) is 9.59 Å². The molecule has 0 aromatic heterocycles. The zero-order valence-electron chi connectivity index (χ0n) is 22.1. The maximum atomic E-state index is 13.8. The molecule has 0 bridgehead atoms. The molecule has 6 heteroatoms. The molecule has 0 saturated carbocycles. The van der Waals surface area contributed by atoms with E-state index in [1.807, 2.05) is 97.1 Å². The van der Waals surface area contributed by atoms with Crippen molar-refractivity contribution in [2.75, 3.05) is 13.7 Å². The Kier molecular flexibility index (Phi) is 10.1. The van der Waals surface area contributed by atoms with Crippen molar-refractivity contribution in [3.8, 4) is 5.75 Å². The molecule has 200 valence electrons. The number of carbonyl (C=O) groups is 2. The first-order valence-electron chi connectivity index (χ1n) is 13.0. The monoisotopic (exact) mass is 540 g/mol. The molecule has 0 saturated heterocycles. The SMILES string of the molecule is COc1ccc(CN(C(=O)Cc2ccc(Cl)cc2)C(Cc2ccccc2)C(=O)NCCc2ccccc2)cc1. The largest absolute Gasteiger partial charge is 0.497 e. The summed E-state index contributed by atoms with van der Waals surface area (Å²) in [7, 11) is 1.62. The number of halogens is 1. The second-order valence-electron chi connectivity index (χ2n) is 9.41. The van der Waals surface area contributed by atoms with E-state index < -0.39 is 6.04 Å². The predicted octanol–water partition coefficient (Wildman–Crippen LogP) is 5.89. The van der Waals surface area contributed by atoms with Crippen LogP contribution in [0.25, 0.3) is 0 Å². The average Bonchev–Trinajstić information content (AvgIpc) is 2.97. The van der Waals surface area contributed by atoms with Crippen LogP contribution in [0.3, 0.4) is 0 Å². The number of hydrogen-bond acceptors (Lipinski definition) is 3. The molecule has 0 fully saturated rings. The van der Waals surface area contributed by atoms with Crippen LogP contribution < -0.4 is 10.1 Å². The minimum absolute atomic E-state index is 0.132. The van der Waals surface area contributed by atoms with E-state index in [-0.39, 0.29) is 18.2 Å². The highest BCUT2D eigenvalue weighted by molar-refractivity contribution is 6.30. The molecule has 39 heavy (non-hydrogen) atoms. The van der Waals surface area contributed by atoms with Gasteiger partial charge >= 0.3 is 0 Å². The fraction of sp³-hybridized carbons (Fsp3) is 0.212. The molecule has 1 N–H and O–H groups in total. The summed E-state index contributed by atoms with van der Waals surface area (Å²) in [6, 6.07) is 34.0. The number of hydrogen-bond donors (Lipinski definition) is 1. The quantitative estimate of drug-likeness (QED) is 0.244. The lowest BCUT2D eigenvalue weighted by Crippen LogP contribution is -2.51. The second-order valence-corrected chi connectivity index (χ2v) is 9.84. The van der Waals surface area contributed by atoms with Gasteiger partial charge in [0, 0.05) is 24.5 Å². The Morgan fingerprint density at radius 1 is 0.769 bits per heavy atom. The van der Waals surface area contributed by atoms with Gasteiger partial charge in [0.15, 0.2) is 0 Å². The van der Waals surface area contributed by atoms with Crippen molar-refractivity contribution >= 4 is 23.4 Å². The van der Waals surface area contributed by atoms with E-state index in [9.17, 15) is 9.59 Å². The minimum atomic E-state index is -0.690. The fourth-order valence-electron chi connectivity index (χ4n) is 4.45. The van der Waals surface area contributed by atoms with Crippen LogP contribution in [0.1, 0.15) is 22.3 Å². The molecule has 0 spiro atoms. The molecule has 1 atom stereocenters. The molecule has 0 radical (unpaired) electrons. The van der Waals surface area contributed by atoms with Crippen LogP contribution in [0.5, 0.6) is 5.75 Å². The summed E-state index contributed by atoms with van der Waals surface area (Å²) in [5, 5.41) is 3.70. The van der Waals surface area contributed by atoms with Crippen LogP contribution in [-0.2, 0) is 35.4 Å². The smallest absolute Gasteiger partial charge is 0.243 e. The van der Waals surface area contributed by atoms with Crippen LogP contribution in [0.15, 0.2) is 109 Å². The second kappa shape index (κ2) is 14.2. The van der Waals surface area contributed by atoms with E-state index >= 15 is 0 Å². The zero-order chi connectivity index (χ0) is 27.5. The van der Waals surface area contributed by atoms with Gasteiger partial charge in [-0.05, 0) is 52.9 Å². The van der Waals surface area contributed by atoms with Crippen molar-refractivity contribution in [2.45, 2.75) is 31.8 Å². The summed E-state index contributed by atoms with van der Waals surface area (Å²) in [5.74, 6) is 0.428. The van der Waals surface area contributed by atoms with Gasteiger partial charge in [0.25, 0.3) is 0 Å². The number of amides is 2. The van der Waals surface area contributed by atoms with Gasteiger partial charge in [0.1, 0.15) is 11.8 Å². The standard InChI is InChI=1S/C33H33ClN2O3/c1-39-30-18-14-28(15-19-30)24-36(32(37)23-27-12-16-29(34)17-13-27)31(22-26-10-6-3-7-11-26)33(38)35-21-20-25-8-4-2-5-9-25/h2-19,31H,20-24H2,1H3,(H,35,38). The third-order valence-electron chi connectivity index (χ3n) is 6.61. The molecular formula is C33H33ClN2O3. The highest BCUT2D eigenvalue weighted by Crippen LogP contribution is 2.19. The van der Waals surface area contributed by atoms with Crippen LogP contribution >= 0.6 is 11.6 Å². The Bertz CT molecular complexity index is 1330. The number of nitrogens with zero attached hydrogens (tertiary/aromatic N) is 1. The molecule has 0 aliphatic rings. The van der Waals surface area contributed by atoms with Crippen molar-refractivity contribution in [3.63, 3.8) is 0 Å². The highest BCUT2D eigenvalue weighted by atomic mass is 35.5. The Labute approximate surface area is 235 Å². The maximum Gasteiger partial charge on any atom is 0.243 e. The molecule has 0 heterocycles. The van der Waals surface area contributed by atoms with E-state index in [0.717, 1.165) is 28.0 Å². The predicted molar refractivity (Wildman–Crippen MR) is 156 cm³/mol. The average molecular weight is 541 g/mol. The summed E-state index contributed by atoms with van der Waals surface area (Å²) in [6.07, 6.45) is 1.28. The molecule has 2 amide bonds. The molecular weight excluding hydrogens is 508 g/mol. The molecule has 5 nitrogen and oxygen atoms in total.